The van der Waals surface area contributed by atoms with Gasteiger partial charge in [-0.25, -0.2) is 0 Å². The highest BCUT2D eigenvalue weighted by Gasteiger charge is 2.54. The zero-order valence-electron chi connectivity index (χ0n) is 15.9. The quantitative estimate of drug-likeness (QED) is 0.794. The van der Waals surface area contributed by atoms with E-state index in [-0.39, 0.29) is 11.9 Å². The fourth-order valence-corrected chi connectivity index (χ4v) is 6.91. The molecule has 1 N–H and O–H groups in total. The van der Waals surface area contributed by atoms with Crippen LogP contribution in [0.25, 0.3) is 11.0 Å². The molecule has 0 saturated heterocycles. The normalized spacial score (nSPS) is 33.5. The van der Waals surface area contributed by atoms with Gasteiger partial charge in [0.15, 0.2) is 5.76 Å². The van der Waals surface area contributed by atoms with E-state index in [0.717, 1.165) is 40.7 Å². The van der Waals surface area contributed by atoms with Crippen LogP contribution in [-0.4, -0.2) is 11.9 Å². The first-order valence-electron chi connectivity index (χ1n) is 10.4. The second-order valence-corrected chi connectivity index (χ2v) is 9.27. The number of hydrogen-bond donors (Lipinski definition) is 1. The average Bonchev–Trinajstić information content (AvgIpc) is 2.95. The standard InChI is InChI=1S/C23H29NO2/c1-3-20(23-11-15-8-16(12-23)10-17(9-15)13-23)24-22(25)21-14(2)18-6-4-5-7-19(18)26-21/h4-7,15-17,20H,3,8-13H2,1-2H3,(H,24,25)/t15?,16?,17?,20-,23?/m1/s1. The Balaban J connectivity index is 1.42. The molecule has 3 heteroatoms. The number of furan rings is 1. The van der Waals surface area contributed by atoms with E-state index >= 15 is 0 Å². The zero-order chi connectivity index (χ0) is 17.9. The number of carbonyl (C=O) groups is 1. The first-order valence-corrected chi connectivity index (χ1v) is 10.4. The number of fused-ring (bicyclic) bond motifs is 1. The minimum atomic E-state index is -0.0266. The van der Waals surface area contributed by atoms with Crippen LogP contribution in [0.1, 0.15) is 68.0 Å². The SMILES string of the molecule is CC[C@@H](NC(=O)c1oc2ccccc2c1C)C12CC3CC(CC(C3)C1)C2. The molecule has 3 nitrogen and oxygen atoms in total. The van der Waals surface area contributed by atoms with Gasteiger partial charge in [0.2, 0.25) is 0 Å². The molecule has 1 atom stereocenters. The van der Waals surface area contributed by atoms with Crippen LogP contribution in [0.5, 0.6) is 0 Å². The maximum Gasteiger partial charge on any atom is 0.287 e. The van der Waals surface area contributed by atoms with Gasteiger partial charge in [-0.3, -0.25) is 4.79 Å². The lowest BCUT2D eigenvalue weighted by molar-refractivity contribution is -0.0728. The number of aryl methyl sites for hydroxylation is 1. The van der Waals surface area contributed by atoms with Crippen LogP contribution in [-0.2, 0) is 0 Å². The van der Waals surface area contributed by atoms with E-state index in [9.17, 15) is 4.79 Å². The molecule has 26 heavy (non-hydrogen) atoms. The first-order chi connectivity index (χ1) is 12.6. The lowest BCUT2D eigenvalue weighted by atomic mass is 9.47. The molecular formula is C23H29NO2. The van der Waals surface area contributed by atoms with Crippen molar-refractivity contribution in [2.75, 3.05) is 0 Å². The van der Waals surface area contributed by atoms with Crippen LogP contribution in [0.15, 0.2) is 28.7 Å². The molecule has 6 rings (SSSR count). The van der Waals surface area contributed by atoms with Crippen LogP contribution in [0.4, 0.5) is 0 Å². The summed E-state index contributed by atoms with van der Waals surface area (Å²) in [5.74, 6) is 3.18. The maximum atomic E-state index is 13.1. The van der Waals surface area contributed by atoms with Crippen molar-refractivity contribution in [1.82, 2.24) is 5.32 Å². The van der Waals surface area contributed by atoms with Gasteiger partial charge in [0.05, 0.1) is 0 Å². The summed E-state index contributed by atoms with van der Waals surface area (Å²) in [6, 6.07) is 8.20. The first kappa shape index (κ1) is 16.4. The molecule has 1 heterocycles. The Morgan fingerprint density at radius 2 is 1.77 bits per heavy atom. The molecule has 4 aliphatic carbocycles. The zero-order valence-corrected chi connectivity index (χ0v) is 15.9. The van der Waals surface area contributed by atoms with Crippen molar-refractivity contribution in [3.63, 3.8) is 0 Å². The van der Waals surface area contributed by atoms with E-state index in [1.54, 1.807) is 0 Å². The third-order valence-electron chi connectivity index (χ3n) is 7.59. The number of benzene rings is 1. The third kappa shape index (κ3) is 2.43. The van der Waals surface area contributed by atoms with Gasteiger partial charge in [-0.2, -0.15) is 0 Å². The maximum absolute atomic E-state index is 13.1. The van der Waals surface area contributed by atoms with Gasteiger partial charge in [-0.1, -0.05) is 25.1 Å². The smallest absolute Gasteiger partial charge is 0.287 e. The highest BCUT2D eigenvalue weighted by molar-refractivity contribution is 5.99. The molecule has 138 valence electrons. The average molecular weight is 351 g/mol. The Labute approximate surface area is 155 Å². The number of nitrogens with one attached hydrogen (secondary N) is 1. The Morgan fingerprint density at radius 3 is 2.35 bits per heavy atom. The van der Waals surface area contributed by atoms with Gasteiger partial charge < -0.3 is 9.73 Å². The van der Waals surface area contributed by atoms with Crippen LogP contribution in [0, 0.1) is 30.1 Å². The highest BCUT2D eigenvalue weighted by Crippen LogP contribution is 2.61. The lowest BCUT2D eigenvalue weighted by Crippen LogP contribution is -2.56. The van der Waals surface area contributed by atoms with Gasteiger partial charge in [-0.05, 0) is 81.1 Å². The molecule has 0 unspecified atom stereocenters. The molecule has 4 bridgehead atoms. The largest absolute Gasteiger partial charge is 0.451 e. The summed E-state index contributed by atoms with van der Waals surface area (Å²) >= 11 is 0. The molecule has 1 aromatic heterocycles. The van der Waals surface area contributed by atoms with Gasteiger partial charge in [0.25, 0.3) is 5.91 Å². The van der Waals surface area contributed by atoms with E-state index in [0.29, 0.717) is 11.2 Å². The van der Waals surface area contributed by atoms with Crippen LogP contribution < -0.4 is 5.32 Å². The van der Waals surface area contributed by atoms with E-state index in [4.69, 9.17) is 4.42 Å². The minimum Gasteiger partial charge on any atom is -0.451 e. The third-order valence-corrected chi connectivity index (χ3v) is 7.59. The van der Waals surface area contributed by atoms with E-state index in [1.807, 2.05) is 31.2 Å². The van der Waals surface area contributed by atoms with E-state index < -0.39 is 0 Å². The van der Waals surface area contributed by atoms with Gasteiger partial charge in [-0.15, -0.1) is 0 Å². The molecular weight excluding hydrogens is 322 g/mol. The number of amides is 1. The molecule has 4 saturated carbocycles. The topological polar surface area (TPSA) is 42.2 Å². The lowest BCUT2D eigenvalue weighted by Gasteiger charge is -2.59. The fourth-order valence-electron chi connectivity index (χ4n) is 6.91. The Hall–Kier alpha value is -1.77. The van der Waals surface area contributed by atoms with E-state index in [1.165, 1.54) is 38.5 Å². The summed E-state index contributed by atoms with van der Waals surface area (Å²) in [5, 5.41) is 4.45. The summed E-state index contributed by atoms with van der Waals surface area (Å²) in [6.07, 6.45) is 9.27. The van der Waals surface area contributed by atoms with Crippen molar-refractivity contribution in [2.24, 2.45) is 23.2 Å². The summed E-state index contributed by atoms with van der Waals surface area (Å²) < 4.78 is 5.91. The summed E-state index contributed by atoms with van der Waals surface area (Å²) in [5.41, 5.74) is 2.09. The van der Waals surface area contributed by atoms with Gasteiger partial charge >= 0.3 is 0 Å². The van der Waals surface area contributed by atoms with Crippen molar-refractivity contribution in [3.8, 4) is 0 Å². The van der Waals surface area contributed by atoms with Crippen LogP contribution in [0.2, 0.25) is 0 Å². The van der Waals surface area contributed by atoms with Crippen molar-refractivity contribution < 1.29 is 9.21 Å². The number of carbonyl (C=O) groups excluding carboxylic acids is 1. The minimum absolute atomic E-state index is 0.0266. The summed E-state index contributed by atoms with van der Waals surface area (Å²) in [7, 11) is 0. The number of hydrogen-bond acceptors (Lipinski definition) is 2. The highest BCUT2D eigenvalue weighted by atomic mass is 16.3. The second-order valence-electron chi connectivity index (χ2n) is 9.27. The van der Waals surface area contributed by atoms with Crippen molar-refractivity contribution in [2.45, 2.75) is 64.8 Å². The van der Waals surface area contributed by atoms with Crippen molar-refractivity contribution in [1.29, 1.82) is 0 Å². The Bertz CT molecular complexity index is 814. The molecule has 0 spiro atoms. The van der Waals surface area contributed by atoms with Crippen molar-refractivity contribution >= 4 is 16.9 Å². The molecule has 0 aliphatic heterocycles. The molecule has 1 aromatic carbocycles. The number of rotatable bonds is 4. The molecule has 1 amide bonds. The monoisotopic (exact) mass is 351 g/mol. The second kappa shape index (κ2) is 5.87. The fraction of sp³-hybridized carbons (Fsp3) is 0.609. The predicted molar refractivity (Wildman–Crippen MR) is 103 cm³/mol. The predicted octanol–water partition coefficient (Wildman–Crippen LogP) is 5.47. The molecule has 4 aliphatic rings. The Kier molecular flexibility index (Phi) is 3.70. The van der Waals surface area contributed by atoms with Crippen LogP contribution >= 0.6 is 0 Å². The number of para-hydroxylation sites is 1. The molecule has 2 aromatic rings. The summed E-state index contributed by atoms with van der Waals surface area (Å²) in [6.45, 7) is 4.22. The summed E-state index contributed by atoms with van der Waals surface area (Å²) in [4.78, 5) is 13.1. The van der Waals surface area contributed by atoms with E-state index in [2.05, 4.69) is 12.2 Å². The van der Waals surface area contributed by atoms with Crippen LogP contribution in [0.3, 0.4) is 0 Å². The van der Waals surface area contributed by atoms with Crippen molar-refractivity contribution in [3.05, 3.63) is 35.6 Å². The molecule has 4 fully saturated rings. The van der Waals surface area contributed by atoms with Gasteiger partial charge in [0, 0.05) is 17.0 Å². The Morgan fingerprint density at radius 1 is 1.15 bits per heavy atom. The van der Waals surface area contributed by atoms with Gasteiger partial charge in [0.1, 0.15) is 5.58 Å². The molecule has 0 radical (unpaired) electrons.